The number of benzene rings is 1. The summed E-state index contributed by atoms with van der Waals surface area (Å²) in [6.07, 6.45) is 6.12. The molecule has 1 amide bonds. The summed E-state index contributed by atoms with van der Waals surface area (Å²) in [6.45, 7) is 1.26. The number of carbonyl (C=O) groups excluding carboxylic acids is 1. The third kappa shape index (κ3) is 4.10. The standard InChI is InChI=1S/C18H14BrFN4OS2/c19-16-5-4-14(26-16)17(25)24(8-1-7-23-9-6-21-11-23)18-22-13-3-2-12(20)10-15(13)27-18/h2-6,9-11H,1,7-8H2. The molecule has 0 saturated carbocycles. The molecule has 3 aromatic heterocycles. The van der Waals surface area contributed by atoms with E-state index in [9.17, 15) is 9.18 Å². The van der Waals surface area contributed by atoms with E-state index in [1.807, 2.05) is 16.8 Å². The van der Waals surface area contributed by atoms with Gasteiger partial charge in [-0.25, -0.2) is 14.4 Å². The van der Waals surface area contributed by atoms with Gasteiger partial charge in [-0.2, -0.15) is 0 Å². The summed E-state index contributed by atoms with van der Waals surface area (Å²) >= 11 is 6.12. The van der Waals surface area contributed by atoms with Crippen molar-refractivity contribution in [2.75, 3.05) is 11.4 Å². The second-order valence-corrected chi connectivity index (χ2v) is 9.30. The summed E-state index contributed by atoms with van der Waals surface area (Å²) in [5, 5.41) is 0.579. The van der Waals surface area contributed by atoms with Crippen molar-refractivity contribution in [3.63, 3.8) is 0 Å². The van der Waals surface area contributed by atoms with Crippen LogP contribution in [0.25, 0.3) is 10.2 Å². The molecule has 27 heavy (non-hydrogen) atoms. The number of nitrogens with zero attached hydrogens (tertiary/aromatic N) is 4. The van der Waals surface area contributed by atoms with E-state index >= 15 is 0 Å². The molecule has 0 atom stereocenters. The van der Waals surface area contributed by atoms with Gasteiger partial charge in [-0.3, -0.25) is 9.69 Å². The topological polar surface area (TPSA) is 51.0 Å². The van der Waals surface area contributed by atoms with Crippen LogP contribution in [0.15, 0.2) is 52.8 Å². The van der Waals surface area contributed by atoms with Crippen LogP contribution in [0.4, 0.5) is 9.52 Å². The maximum absolute atomic E-state index is 13.5. The maximum atomic E-state index is 13.5. The van der Waals surface area contributed by atoms with Crippen LogP contribution in [0.2, 0.25) is 0 Å². The Morgan fingerprint density at radius 3 is 2.89 bits per heavy atom. The van der Waals surface area contributed by atoms with E-state index in [2.05, 4.69) is 25.9 Å². The zero-order valence-electron chi connectivity index (χ0n) is 14.0. The lowest BCUT2D eigenvalue weighted by Gasteiger charge is -2.19. The number of fused-ring (bicyclic) bond motifs is 1. The first-order valence-corrected chi connectivity index (χ1v) is 10.6. The smallest absolute Gasteiger partial charge is 0.270 e. The van der Waals surface area contributed by atoms with Crippen molar-refractivity contribution in [2.45, 2.75) is 13.0 Å². The largest absolute Gasteiger partial charge is 0.337 e. The fraction of sp³-hybridized carbons (Fsp3) is 0.167. The summed E-state index contributed by atoms with van der Waals surface area (Å²) in [5.74, 6) is -0.409. The Bertz CT molecular complexity index is 1080. The molecule has 0 radical (unpaired) electrons. The Labute approximate surface area is 171 Å². The molecule has 5 nitrogen and oxygen atoms in total. The molecule has 0 fully saturated rings. The fourth-order valence-electron chi connectivity index (χ4n) is 2.68. The number of thiazole rings is 1. The number of hydrogen-bond donors (Lipinski definition) is 0. The van der Waals surface area contributed by atoms with Gasteiger partial charge in [-0.1, -0.05) is 11.3 Å². The molecule has 4 rings (SSSR count). The lowest BCUT2D eigenvalue weighted by molar-refractivity contribution is 0.0990. The molecule has 138 valence electrons. The van der Waals surface area contributed by atoms with Crippen molar-refractivity contribution < 1.29 is 9.18 Å². The first-order chi connectivity index (χ1) is 13.1. The second kappa shape index (κ2) is 7.87. The lowest BCUT2D eigenvalue weighted by atomic mass is 10.3. The van der Waals surface area contributed by atoms with Crippen molar-refractivity contribution in [1.29, 1.82) is 0 Å². The minimum absolute atomic E-state index is 0.101. The molecule has 0 spiro atoms. The Morgan fingerprint density at radius 1 is 1.26 bits per heavy atom. The van der Waals surface area contributed by atoms with Gasteiger partial charge in [0.2, 0.25) is 0 Å². The van der Waals surface area contributed by atoms with E-state index in [4.69, 9.17) is 0 Å². The summed E-state index contributed by atoms with van der Waals surface area (Å²) in [6, 6.07) is 8.13. The quantitative estimate of drug-likeness (QED) is 0.394. The van der Waals surface area contributed by atoms with E-state index in [-0.39, 0.29) is 11.7 Å². The summed E-state index contributed by atoms with van der Waals surface area (Å²) in [7, 11) is 0. The minimum atomic E-state index is -0.308. The average molecular weight is 465 g/mol. The highest BCUT2D eigenvalue weighted by Gasteiger charge is 2.22. The van der Waals surface area contributed by atoms with Gasteiger partial charge in [0, 0.05) is 25.5 Å². The predicted molar refractivity (Wildman–Crippen MR) is 110 cm³/mol. The molecule has 1 aromatic carbocycles. The van der Waals surface area contributed by atoms with Crippen molar-refractivity contribution >= 4 is 59.9 Å². The highest BCUT2D eigenvalue weighted by molar-refractivity contribution is 9.11. The Hall–Kier alpha value is -2.10. The van der Waals surface area contributed by atoms with Crippen LogP contribution in [0, 0.1) is 5.82 Å². The SMILES string of the molecule is O=C(c1ccc(Br)s1)N(CCCn1ccnc1)c1nc2ccc(F)cc2s1. The van der Waals surface area contributed by atoms with E-state index in [1.165, 1.54) is 34.8 Å². The van der Waals surface area contributed by atoms with Crippen LogP contribution in [0.3, 0.4) is 0 Å². The maximum Gasteiger partial charge on any atom is 0.270 e. The normalized spacial score (nSPS) is 11.2. The van der Waals surface area contributed by atoms with Gasteiger partial charge in [0.25, 0.3) is 5.91 Å². The highest BCUT2D eigenvalue weighted by atomic mass is 79.9. The van der Waals surface area contributed by atoms with Gasteiger partial charge in [-0.05, 0) is 52.7 Å². The molecular weight excluding hydrogens is 451 g/mol. The van der Waals surface area contributed by atoms with Gasteiger partial charge in [-0.15, -0.1) is 11.3 Å². The molecule has 4 aromatic rings. The predicted octanol–water partition coefficient (Wildman–Crippen LogP) is 5.19. The molecule has 0 unspecified atom stereocenters. The molecular formula is C18H14BrFN4OS2. The molecule has 0 bridgehead atoms. The highest BCUT2D eigenvalue weighted by Crippen LogP contribution is 2.32. The summed E-state index contributed by atoms with van der Waals surface area (Å²) in [5.41, 5.74) is 0.691. The van der Waals surface area contributed by atoms with Crippen LogP contribution >= 0.6 is 38.6 Å². The van der Waals surface area contributed by atoms with Crippen molar-refractivity contribution in [3.8, 4) is 0 Å². The molecule has 0 aliphatic rings. The minimum Gasteiger partial charge on any atom is -0.337 e. The molecule has 0 aliphatic heterocycles. The van der Waals surface area contributed by atoms with Crippen LogP contribution in [0.1, 0.15) is 16.1 Å². The van der Waals surface area contributed by atoms with Crippen molar-refractivity contribution in [3.05, 3.63) is 63.5 Å². The summed E-state index contributed by atoms with van der Waals surface area (Å²) in [4.78, 5) is 24.0. The van der Waals surface area contributed by atoms with Gasteiger partial charge in [0.05, 0.1) is 25.2 Å². The van der Waals surface area contributed by atoms with Gasteiger partial charge in [0.15, 0.2) is 5.13 Å². The number of thiophene rings is 1. The number of aromatic nitrogens is 3. The number of hydrogen-bond acceptors (Lipinski definition) is 5. The van der Waals surface area contributed by atoms with Gasteiger partial charge < -0.3 is 4.57 Å². The van der Waals surface area contributed by atoms with Crippen LogP contribution in [-0.2, 0) is 6.54 Å². The van der Waals surface area contributed by atoms with E-state index in [0.717, 1.165) is 21.5 Å². The third-order valence-corrected chi connectivity index (χ3v) is 6.61. The number of anilines is 1. The monoisotopic (exact) mass is 464 g/mol. The van der Waals surface area contributed by atoms with Crippen molar-refractivity contribution in [1.82, 2.24) is 14.5 Å². The number of aryl methyl sites for hydroxylation is 1. The molecule has 0 saturated heterocycles. The average Bonchev–Trinajstić information content (AvgIpc) is 3.38. The van der Waals surface area contributed by atoms with E-state index < -0.39 is 0 Å². The third-order valence-electron chi connectivity index (χ3n) is 3.96. The lowest BCUT2D eigenvalue weighted by Crippen LogP contribution is -2.31. The molecule has 0 aliphatic carbocycles. The number of carbonyl (C=O) groups is 1. The molecule has 3 heterocycles. The summed E-state index contributed by atoms with van der Waals surface area (Å²) < 4.78 is 17.1. The number of imidazole rings is 1. The molecule has 0 N–H and O–H groups in total. The van der Waals surface area contributed by atoms with Crippen LogP contribution in [0.5, 0.6) is 0 Å². The number of amides is 1. The fourth-order valence-corrected chi connectivity index (χ4v) is 5.03. The Morgan fingerprint density at radius 2 is 2.15 bits per heavy atom. The first-order valence-electron chi connectivity index (χ1n) is 8.19. The Kier molecular flexibility index (Phi) is 5.33. The number of halogens is 2. The number of rotatable bonds is 6. The van der Waals surface area contributed by atoms with Crippen LogP contribution < -0.4 is 4.90 Å². The first kappa shape index (κ1) is 18.3. The van der Waals surface area contributed by atoms with Gasteiger partial charge in [0.1, 0.15) is 5.82 Å². The second-order valence-electron chi connectivity index (χ2n) is 5.82. The van der Waals surface area contributed by atoms with Crippen molar-refractivity contribution in [2.24, 2.45) is 0 Å². The van der Waals surface area contributed by atoms with E-state index in [1.54, 1.807) is 29.6 Å². The van der Waals surface area contributed by atoms with Crippen LogP contribution in [-0.4, -0.2) is 27.0 Å². The van der Waals surface area contributed by atoms with Gasteiger partial charge >= 0.3 is 0 Å². The Balaban J connectivity index is 1.62. The van der Waals surface area contributed by atoms with E-state index in [0.29, 0.717) is 22.1 Å². The zero-order valence-corrected chi connectivity index (χ0v) is 17.2. The molecule has 9 heteroatoms. The zero-order chi connectivity index (χ0) is 18.8.